The van der Waals surface area contributed by atoms with Gasteiger partial charge in [-0.2, -0.15) is 35.1 Å². The lowest BCUT2D eigenvalue weighted by atomic mass is 10.2. The van der Waals surface area contributed by atoms with Gasteiger partial charge in [0.2, 0.25) is 5.76 Å². The van der Waals surface area contributed by atoms with E-state index in [4.69, 9.17) is 0 Å². The van der Waals surface area contributed by atoms with Crippen LogP contribution < -0.4 is 0 Å². The second-order valence-corrected chi connectivity index (χ2v) is 2.98. The molecular formula is C8H8F8O. The molecule has 0 rings (SSSR count). The van der Waals surface area contributed by atoms with Crippen molar-refractivity contribution in [1.29, 1.82) is 0 Å². The van der Waals surface area contributed by atoms with Crippen molar-refractivity contribution in [2.45, 2.75) is 31.6 Å². The molecule has 0 amide bonds. The Bertz CT molecular complexity index is 274. The number of rotatable bonds is 4. The van der Waals surface area contributed by atoms with E-state index in [1.165, 1.54) is 6.92 Å². The molecule has 0 bridgehead atoms. The van der Waals surface area contributed by atoms with Crippen LogP contribution in [-0.2, 0) is 4.74 Å². The lowest BCUT2D eigenvalue weighted by Gasteiger charge is -2.19. The molecule has 0 N–H and O–H groups in total. The van der Waals surface area contributed by atoms with Crippen molar-refractivity contribution in [3.05, 3.63) is 11.8 Å². The van der Waals surface area contributed by atoms with Gasteiger partial charge in [0.05, 0.1) is 6.61 Å². The van der Waals surface area contributed by atoms with E-state index in [1.807, 2.05) is 0 Å². The van der Waals surface area contributed by atoms with E-state index in [0.717, 1.165) is 0 Å². The molecule has 0 saturated carbocycles. The monoisotopic (exact) mass is 272 g/mol. The van der Waals surface area contributed by atoms with Gasteiger partial charge >= 0.3 is 18.3 Å². The zero-order chi connectivity index (χ0) is 13.9. The second-order valence-electron chi connectivity index (χ2n) is 2.98. The van der Waals surface area contributed by atoms with Crippen molar-refractivity contribution in [1.82, 2.24) is 0 Å². The van der Waals surface area contributed by atoms with Crippen LogP contribution in [0.1, 0.15) is 13.3 Å². The summed E-state index contributed by atoms with van der Waals surface area (Å²) in [5, 5.41) is 0. The Labute approximate surface area is 91.0 Å². The van der Waals surface area contributed by atoms with Crippen molar-refractivity contribution < 1.29 is 39.9 Å². The second kappa shape index (κ2) is 5.09. The van der Waals surface area contributed by atoms with Crippen molar-refractivity contribution >= 4 is 0 Å². The molecule has 0 aliphatic carbocycles. The van der Waals surface area contributed by atoms with Crippen LogP contribution in [-0.4, -0.2) is 24.9 Å². The molecule has 0 saturated heterocycles. The summed E-state index contributed by atoms with van der Waals surface area (Å²) in [6, 6.07) is 0. The Morgan fingerprint density at radius 3 is 1.76 bits per heavy atom. The van der Waals surface area contributed by atoms with Gasteiger partial charge in [-0.3, -0.25) is 0 Å². The molecule has 0 atom stereocenters. The molecule has 0 aromatic rings. The highest BCUT2D eigenvalue weighted by molar-refractivity contribution is 5.09. The third kappa shape index (κ3) is 4.78. The molecule has 0 radical (unpaired) electrons. The van der Waals surface area contributed by atoms with Crippen LogP contribution in [0.3, 0.4) is 0 Å². The van der Waals surface area contributed by atoms with Gasteiger partial charge in [0.25, 0.3) is 0 Å². The molecule has 17 heavy (non-hydrogen) atoms. The molecule has 0 unspecified atom stereocenters. The Morgan fingerprint density at radius 1 is 1.00 bits per heavy atom. The smallest absolute Gasteiger partial charge is 0.457 e. The Morgan fingerprint density at radius 2 is 1.47 bits per heavy atom. The predicted molar refractivity (Wildman–Crippen MR) is 41.4 cm³/mol. The van der Waals surface area contributed by atoms with Crippen LogP contribution in [0.15, 0.2) is 11.8 Å². The molecule has 0 spiro atoms. The minimum absolute atomic E-state index is 0.0327. The summed E-state index contributed by atoms with van der Waals surface area (Å²) in [7, 11) is 0. The Kier molecular flexibility index (Phi) is 4.79. The van der Waals surface area contributed by atoms with E-state index in [2.05, 4.69) is 4.74 Å². The molecule has 0 aromatic heterocycles. The van der Waals surface area contributed by atoms with E-state index in [9.17, 15) is 35.1 Å². The highest BCUT2D eigenvalue weighted by Crippen LogP contribution is 2.39. The van der Waals surface area contributed by atoms with Gasteiger partial charge in [0.15, 0.2) is 0 Å². The van der Waals surface area contributed by atoms with Gasteiger partial charge in [0, 0.05) is 6.08 Å². The van der Waals surface area contributed by atoms with Gasteiger partial charge < -0.3 is 4.74 Å². The number of halogens is 8. The molecule has 0 aliphatic heterocycles. The summed E-state index contributed by atoms with van der Waals surface area (Å²) >= 11 is 0. The Balaban J connectivity index is 5.18. The fraction of sp³-hybridized carbons (Fsp3) is 0.750. The average Bonchev–Trinajstić information content (AvgIpc) is 2.08. The first-order valence-electron chi connectivity index (χ1n) is 4.29. The Hall–Kier alpha value is -1.02. The van der Waals surface area contributed by atoms with Crippen LogP contribution in [0.4, 0.5) is 35.1 Å². The average molecular weight is 272 g/mol. The maximum Gasteiger partial charge on any atom is 0.457 e. The highest BCUT2D eigenvalue weighted by atomic mass is 19.4. The summed E-state index contributed by atoms with van der Waals surface area (Å²) in [5.41, 5.74) is 0. The standard InChI is InChI=1S/C8H8F8O/c1-2-3-17-5(7(11,12)13)4-6(9,10)8(14,15)16/h4H,2-3H2,1H3. The van der Waals surface area contributed by atoms with E-state index < -0.39 is 36.7 Å². The molecule has 9 heteroatoms. The molecule has 102 valence electrons. The largest absolute Gasteiger partial charge is 0.489 e. The minimum atomic E-state index is -6.10. The third-order valence-corrected chi connectivity index (χ3v) is 1.43. The van der Waals surface area contributed by atoms with Gasteiger partial charge in [0.1, 0.15) is 0 Å². The fourth-order valence-corrected chi connectivity index (χ4v) is 0.664. The molecule has 0 aromatic carbocycles. The number of allylic oxidation sites excluding steroid dienone is 2. The van der Waals surface area contributed by atoms with E-state index in [0.29, 0.717) is 0 Å². The summed E-state index contributed by atoms with van der Waals surface area (Å²) in [4.78, 5) is 0. The number of ether oxygens (including phenoxy) is 1. The first-order valence-corrected chi connectivity index (χ1v) is 4.29. The van der Waals surface area contributed by atoms with Crippen molar-refractivity contribution in [2.75, 3.05) is 6.61 Å². The van der Waals surface area contributed by atoms with Gasteiger partial charge in [-0.05, 0) is 6.42 Å². The van der Waals surface area contributed by atoms with E-state index in [1.54, 1.807) is 0 Å². The zero-order valence-electron chi connectivity index (χ0n) is 8.42. The SMILES string of the molecule is CCCOC(=CC(F)(F)C(F)(F)F)C(F)(F)F. The molecule has 1 nitrogen and oxygen atoms in total. The van der Waals surface area contributed by atoms with Gasteiger partial charge in [-0.1, -0.05) is 6.92 Å². The maximum atomic E-state index is 12.4. The van der Waals surface area contributed by atoms with Crippen LogP contribution in [0, 0.1) is 0 Å². The van der Waals surface area contributed by atoms with Crippen molar-refractivity contribution in [3.8, 4) is 0 Å². The fourth-order valence-electron chi connectivity index (χ4n) is 0.664. The summed E-state index contributed by atoms with van der Waals surface area (Å²) < 4.78 is 99.8. The van der Waals surface area contributed by atoms with Crippen LogP contribution in [0.25, 0.3) is 0 Å². The molecule has 0 aliphatic rings. The summed E-state index contributed by atoms with van der Waals surface area (Å²) in [6.45, 7) is 0.759. The lowest BCUT2D eigenvalue weighted by Crippen LogP contribution is -2.36. The number of hydrogen-bond donors (Lipinski definition) is 0. The van der Waals surface area contributed by atoms with Crippen molar-refractivity contribution in [3.63, 3.8) is 0 Å². The predicted octanol–water partition coefficient (Wildman–Crippen LogP) is 4.06. The summed E-state index contributed by atoms with van der Waals surface area (Å²) in [5.74, 6) is -7.94. The minimum Gasteiger partial charge on any atom is -0.489 e. The summed E-state index contributed by atoms with van der Waals surface area (Å²) in [6.07, 6.45) is -12.7. The van der Waals surface area contributed by atoms with E-state index >= 15 is 0 Å². The van der Waals surface area contributed by atoms with Gasteiger partial charge in [-0.15, -0.1) is 0 Å². The first kappa shape index (κ1) is 16.0. The van der Waals surface area contributed by atoms with Crippen LogP contribution in [0.5, 0.6) is 0 Å². The first-order chi connectivity index (χ1) is 7.42. The maximum absolute atomic E-state index is 12.4. The van der Waals surface area contributed by atoms with Gasteiger partial charge in [-0.25, -0.2) is 0 Å². The normalized spacial score (nSPS) is 15.0. The quantitative estimate of drug-likeness (QED) is 0.554. The van der Waals surface area contributed by atoms with Crippen molar-refractivity contribution in [2.24, 2.45) is 0 Å². The number of hydrogen-bond acceptors (Lipinski definition) is 1. The third-order valence-electron chi connectivity index (χ3n) is 1.43. The van der Waals surface area contributed by atoms with Crippen LogP contribution >= 0.6 is 0 Å². The molecule has 0 heterocycles. The molecule has 0 fully saturated rings. The number of alkyl halides is 8. The topological polar surface area (TPSA) is 9.23 Å². The van der Waals surface area contributed by atoms with E-state index in [-0.39, 0.29) is 6.42 Å². The highest BCUT2D eigenvalue weighted by Gasteiger charge is 2.57. The zero-order valence-corrected chi connectivity index (χ0v) is 8.42. The lowest BCUT2D eigenvalue weighted by molar-refractivity contribution is -0.261. The molecular weight excluding hydrogens is 264 g/mol. The van der Waals surface area contributed by atoms with Crippen LogP contribution in [0.2, 0.25) is 0 Å².